The van der Waals surface area contributed by atoms with E-state index in [1.54, 1.807) is 31.1 Å². The largest absolute Gasteiger partial charge is 0.391 e. The van der Waals surface area contributed by atoms with Crippen LogP contribution in [0.5, 0.6) is 0 Å². The van der Waals surface area contributed by atoms with Crippen molar-refractivity contribution in [1.29, 1.82) is 0 Å². The smallest absolute Gasteiger partial charge is 0.259 e. The van der Waals surface area contributed by atoms with Gasteiger partial charge in [-0.05, 0) is 38.0 Å². The van der Waals surface area contributed by atoms with Crippen molar-refractivity contribution in [2.24, 2.45) is 5.92 Å². The lowest BCUT2D eigenvalue weighted by molar-refractivity contribution is 0.0762. The molecule has 0 aromatic carbocycles. The quantitative estimate of drug-likeness (QED) is 0.926. The highest BCUT2D eigenvalue weighted by atomic mass is 16.5. The third kappa shape index (κ3) is 2.74. The van der Waals surface area contributed by atoms with E-state index >= 15 is 0 Å². The van der Waals surface area contributed by atoms with Crippen LogP contribution in [0.4, 0.5) is 0 Å². The minimum atomic E-state index is -0.516. The van der Waals surface area contributed by atoms with Crippen molar-refractivity contribution in [2.45, 2.75) is 26.4 Å². The highest BCUT2D eigenvalue weighted by Gasteiger charge is 2.36. The molecule has 2 aromatic heterocycles. The van der Waals surface area contributed by atoms with Crippen molar-refractivity contribution in [3.05, 3.63) is 47.1 Å². The van der Waals surface area contributed by atoms with E-state index in [0.29, 0.717) is 30.1 Å². The Kier molecular flexibility index (Phi) is 3.94. The molecule has 0 unspecified atom stereocenters. The van der Waals surface area contributed by atoms with Crippen molar-refractivity contribution >= 4 is 5.91 Å². The predicted molar refractivity (Wildman–Crippen MR) is 79.3 cm³/mol. The minimum absolute atomic E-state index is 0.0341. The number of rotatable bonds is 3. The van der Waals surface area contributed by atoms with Gasteiger partial charge in [-0.3, -0.25) is 9.78 Å². The fraction of sp³-hybridized carbons (Fsp3) is 0.438. The van der Waals surface area contributed by atoms with Gasteiger partial charge in [-0.1, -0.05) is 5.16 Å². The maximum Gasteiger partial charge on any atom is 0.259 e. The molecule has 3 rings (SSSR count). The van der Waals surface area contributed by atoms with Gasteiger partial charge in [0, 0.05) is 31.4 Å². The summed E-state index contributed by atoms with van der Waals surface area (Å²) in [4.78, 5) is 18.3. The number of aromatic nitrogens is 2. The minimum Gasteiger partial charge on any atom is -0.391 e. The van der Waals surface area contributed by atoms with Crippen molar-refractivity contribution in [1.82, 2.24) is 15.0 Å². The number of carbonyl (C=O) groups is 1. The Bertz CT molecular complexity index is 649. The van der Waals surface area contributed by atoms with Crippen LogP contribution >= 0.6 is 0 Å². The molecule has 0 aliphatic carbocycles. The van der Waals surface area contributed by atoms with Crippen LogP contribution in [0.3, 0.4) is 0 Å². The van der Waals surface area contributed by atoms with Gasteiger partial charge in [0.25, 0.3) is 5.91 Å². The first-order valence-corrected chi connectivity index (χ1v) is 7.35. The van der Waals surface area contributed by atoms with E-state index in [4.69, 9.17) is 4.52 Å². The van der Waals surface area contributed by atoms with Crippen LogP contribution in [-0.2, 0) is 6.42 Å². The second-order valence-electron chi connectivity index (χ2n) is 5.80. The van der Waals surface area contributed by atoms with Gasteiger partial charge < -0.3 is 14.5 Å². The summed E-state index contributed by atoms with van der Waals surface area (Å²) in [7, 11) is 0. The number of likely N-dealkylation sites (tertiary alicyclic amines) is 1. The monoisotopic (exact) mass is 301 g/mol. The molecule has 116 valence electrons. The van der Waals surface area contributed by atoms with Crippen LogP contribution < -0.4 is 0 Å². The maximum atomic E-state index is 12.6. The first-order valence-electron chi connectivity index (χ1n) is 7.35. The van der Waals surface area contributed by atoms with Gasteiger partial charge >= 0.3 is 0 Å². The molecule has 1 N–H and O–H groups in total. The number of hydrogen-bond donors (Lipinski definition) is 1. The Balaban J connectivity index is 1.72. The summed E-state index contributed by atoms with van der Waals surface area (Å²) >= 11 is 0. The molecule has 0 spiro atoms. The van der Waals surface area contributed by atoms with Gasteiger partial charge in [0.2, 0.25) is 0 Å². The number of β-amino-alcohol motifs (C(OH)–C–C–N with tert-alkyl or cyclic N) is 1. The molecule has 1 aliphatic rings. The molecular weight excluding hydrogens is 282 g/mol. The summed E-state index contributed by atoms with van der Waals surface area (Å²) < 4.78 is 5.06. The number of nitrogens with zero attached hydrogens (tertiary/aromatic N) is 3. The van der Waals surface area contributed by atoms with E-state index in [-0.39, 0.29) is 11.8 Å². The number of pyridine rings is 1. The molecule has 0 radical (unpaired) electrons. The summed E-state index contributed by atoms with van der Waals surface area (Å²) in [5.41, 5.74) is 2.22. The van der Waals surface area contributed by atoms with Gasteiger partial charge in [-0.2, -0.15) is 0 Å². The molecule has 0 bridgehead atoms. The van der Waals surface area contributed by atoms with E-state index in [2.05, 4.69) is 10.1 Å². The number of hydrogen-bond acceptors (Lipinski definition) is 5. The maximum absolute atomic E-state index is 12.6. The van der Waals surface area contributed by atoms with Gasteiger partial charge in [-0.15, -0.1) is 0 Å². The Labute approximate surface area is 128 Å². The molecule has 0 saturated carbocycles. The zero-order valence-corrected chi connectivity index (χ0v) is 12.7. The first-order chi connectivity index (χ1) is 10.6. The van der Waals surface area contributed by atoms with E-state index in [9.17, 15) is 9.90 Å². The Morgan fingerprint density at radius 1 is 1.36 bits per heavy atom. The van der Waals surface area contributed by atoms with E-state index in [1.807, 2.05) is 12.1 Å². The molecule has 3 heterocycles. The van der Waals surface area contributed by atoms with Gasteiger partial charge in [0.1, 0.15) is 11.3 Å². The van der Waals surface area contributed by atoms with Crippen molar-refractivity contribution < 1.29 is 14.4 Å². The van der Waals surface area contributed by atoms with Gasteiger partial charge in [-0.25, -0.2) is 0 Å². The molecule has 2 atom stereocenters. The van der Waals surface area contributed by atoms with Crippen molar-refractivity contribution in [3.8, 4) is 0 Å². The molecule has 1 aliphatic heterocycles. The van der Waals surface area contributed by atoms with E-state index in [1.165, 1.54) is 0 Å². The fourth-order valence-electron chi connectivity index (χ4n) is 2.99. The summed E-state index contributed by atoms with van der Waals surface area (Å²) in [5, 5.41) is 14.1. The van der Waals surface area contributed by atoms with E-state index in [0.717, 1.165) is 12.0 Å². The molecular formula is C16H19N3O3. The van der Waals surface area contributed by atoms with Crippen LogP contribution in [-0.4, -0.2) is 45.2 Å². The molecule has 6 heteroatoms. The zero-order valence-electron chi connectivity index (χ0n) is 12.7. The number of aliphatic hydroxyl groups is 1. The molecule has 1 saturated heterocycles. The Morgan fingerprint density at radius 2 is 2.09 bits per heavy atom. The first kappa shape index (κ1) is 14.7. The Morgan fingerprint density at radius 3 is 2.73 bits per heavy atom. The van der Waals surface area contributed by atoms with Gasteiger partial charge in [0.05, 0.1) is 11.8 Å². The summed E-state index contributed by atoms with van der Waals surface area (Å²) in [6.07, 6.45) is 3.69. The number of carbonyl (C=O) groups excluding carboxylic acids is 1. The lowest BCUT2D eigenvalue weighted by Gasteiger charge is -2.16. The summed E-state index contributed by atoms with van der Waals surface area (Å²) in [6, 6.07) is 3.87. The SMILES string of the molecule is Cc1noc(C)c1C(=O)N1C[C@@H](Cc2ccncc2)[C@H](O)C1. The number of aliphatic hydroxyl groups excluding tert-OH is 1. The predicted octanol–water partition coefficient (Wildman–Crippen LogP) is 1.36. The fourth-order valence-corrected chi connectivity index (χ4v) is 2.99. The van der Waals surface area contributed by atoms with Crippen LogP contribution in [0.25, 0.3) is 0 Å². The molecule has 2 aromatic rings. The van der Waals surface area contributed by atoms with Crippen LogP contribution in [0.1, 0.15) is 27.4 Å². The molecule has 22 heavy (non-hydrogen) atoms. The zero-order chi connectivity index (χ0) is 15.7. The van der Waals surface area contributed by atoms with E-state index < -0.39 is 6.10 Å². The normalized spacial score (nSPS) is 21.3. The standard InChI is InChI=1S/C16H19N3O3/c1-10-15(11(2)22-18-10)16(21)19-8-13(14(20)9-19)7-12-3-5-17-6-4-12/h3-6,13-14,20H,7-9H2,1-2H3/t13-,14-/m1/s1. The lowest BCUT2D eigenvalue weighted by Crippen LogP contribution is -2.30. The average Bonchev–Trinajstić information content (AvgIpc) is 3.03. The summed E-state index contributed by atoms with van der Waals surface area (Å²) in [6.45, 7) is 4.36. The number of amides is 1. The van der Waals surface area contributed by atoms with Crippen LogP contribution in [0, 0.1) is 19.8 Å². The Hall–Kier alpha value is -2.21. The third-order valence-electron chi connectivity index (χ3n) is 4.19. The van der Waals surface area contributed by atoms with Crippen LogP contribution in [0.15, 0.2) is 29.0 Å². The van der Waals surface area contributed by atoms with Crippen LogP contribution in [0.2, 0.25) is 0 Å². The topological polar surface area (TPSA) is 79.5 Å². The van der Waals surface area contributed by atoms with Crippen molar-refractivity contribution in [3.63, 3.8) is 0 Å². The number of aryl methyl sites for hydroxylation is 2. The third-order valence-corrected chi connectivity index (χ3v) is 4.19. The van der Waals surface area contributed by atoms with Crippen molar-refractivity contribution in [2.75, 3.05) is 13.1 Å². The molecule has 6 nitrogen and oxygen atoms in total. The second kappa shape index (κ2) is 5.88. The molecule has 1 amide bonds. The van der Waals surface area contributed by atoms with Gasteiger partial charge in [0.15, 0.2) is 0 Å². The average molecular weight is 301 g/mol. The summed E-state index contributed by atoms with van der Waals surface area (Å²) in [5.74, 6) is 0.439. The second-order valence-corrected chi connectivity index (χ2v) is 5.80. The highest BCUT2D eigenvalue weighted by molar-refractivity contribution is 5.96. The lowest BCUT2D eigenvalue weighted by atomic mass is 9.97. The molecule has 1 fully saturated rings. The highest BCUT2D eigenvalue weighted by Crippen LogP contribution is 2.24.